The van der Waals surface area contributed by atoms with Gasteiger partial charge >= 0.3 is 0 Å². The Morgan fingerprint density at radius 2 is 2.27 bits per heavy atom. The van der Waals surface area contributed by atoms with E-state index in [1.54, 1.807) is 0 Å². The van der Waals surface area contributed by atoms with Gasteiger partial charge in [0.05, 0.1) is 29.4 Å². The van der Waals surface area contributed by atoms with E-state index in [0.29, 0.717) is 12.2 Å². The van der Waals surface area contributed by atoms with E-state index in [1.807, 2.05) is 0 Å². The van der Waals surface area contributed by atoms with Gasteiger partial charge in [-0.25, -0.2) is 12.8 Å². The first-order valence-corrected chi connectivity index (χ1v) is 6.44. The SMILES string of the molecule is O=S1(=O)CCNC(c2ccc(F)cn2)C1. The predicted molar refractivity (Wildman–Crippen MR) is 53.6 cm³/mol. The molecular formula is C9H11FN2O2S. The van der Waals surface area contributed by atoms with Crippen LogP contribution in [0.25, 0.3) is 0 Å². The van der Waals surface area contributed by atoms with Gasteiger partial charge in [-0.05, 0) is 12.1 Å². The summed E-state index contributed by atoms with van der Waals surface area (Å²) in [6.45, 7) is 0.423. The third-order valence-corrected chi connectivity index (χ3v) is 4.00. The molecule has 1 N–H and O–H groups in total. The molecule has 0 aliphatic carbocycles. The zero-order valence-corrected chi connectivity index (χ0v) is 8.80. The minimum atomic E-state index is -2.99. The van der Waals surface area contributed by atoms with Crippen LogP contribution in [-0.4, -0.2) is 31.5 Å². The number of pyridine rings is 1. The largest absolute Gasteiger partial charge is 0.307 e. The molecule has 6 heteroatoms. The molecule has 1 fully saturated rings. The van der Waals surface area contributed by atoms with E-state index in [2.05, 4.69) is 10.3 Å². The van der Waals surface area contributed by atoms with Crippen LogP contribution in [0.1, 0.15) is 11.7 Å². The zero-order chi connectivity index (χ0) is 10.9. The molecule has 1 saturated heterocycles. The van der Waals surface area contributed by atoms with E-state index >= 15 is 0 Å². The summed E-state index contributed by atoms with van der Waals surface area (Å²) < 4.78 is 35.3. The second-order valence-electron chi connectivity index (χ2n) is 3.52. The average molecular weight is 230 g/mol. The number of rotatable bonds is 1. The normalized spacial score (nSPS) is 25.0. The first-order valence-electron chi connectivity index (χ1n) is 4.62. The van der Waals surface area contributed by atoms with Crippen molar-refractivity contribution in [1.82, 2.24) is 10.3 Å². The quantitative estimate of drug-likeness (QED) is 0.753. The molecule has 1 unspecified atom stereocenters. The first-order chi connectivity index (χ1) is 7.07. The molecule has 2 heterocycles. The molecule has 4 nitrogen and oxygen atoms in total. The fourth-order valence-corrected chi connectivity index (χ4v) is 2.96. The van der Waals surface area contributed by atoms with Gasteiger partial charge in [0.15, 0.2) is 9.84 Å². The predicted octanol–water partition coefficient (Wildman–Crippen LogP) is 0.280. The number of hydrogen-bond acceptors (Lipinski definition) is 4. The average Bonchev–Trinajstić information content (AvgIpc) is 2.17. The highest BCUT2D eigenvalue weighted by molar-refractivity contribution is 7.91. The van der Waals surface area contributed by atoms with E-state index in [4.69, 9.17) is 0 Å². The highest BCUT2D eigenvalue weighted by Crippen LogP contribution is 2.16. The molecule has 0 spiro atoms. The van der Waals surface area contributed by atoms with Gasteiger partial charge in [0, 0.05) is 6.54 Å². The minimum Gasteiger partial charge on any atom is -0.307 e. The number of nitrogens with zero attached hydrogens (tertiary/aromatic N) is 1. The van der Waals surface area contributed by atoms with Gasteiger partial charge in [0.1, 0.15) is 5.82 Å². The monoisotopic (exact) mass is 230 g/mol. The molecule has 0 radical (unpaired) electrons. The Balaban J connectivity index is 2.21. The molecule has 0 bridgehead atoms. The smallest absolute Gasteiger partial charge is 0.153 e. The van der Waals surface area contributed by atoms with Crippen molar-refractivity contribution in [3.05, 3.63) is 29.8 Å². The van der Waals surface area contributed by atoms with Crippen molar-refractivity contribution in [3.63, 3.8) is 0 Å². The molecule has 1 aromatic heterocycles. The Hall–Kier alpha value is -1.01. The fourth-order valence-electron chi connectivity index (χ4n) is 1.57. The van der Waals surface area contributed by atoms with Crippen molar-refractivity contribution in [1.29, 1.82) is 0 Å². The molecule has 1 aliphatic heterocycles. The summed E-state index contributed by atoms with van der Waals surface area (Å²) >= 11 is 0. The maximum atomic E-state index is 12.6. The molecule has 0 saturated carbocycles. The summed E-state index contributed by atoms with van der Waals surface area (Å²) in [4.78, 5) is 3.87. The highest BCUT2D eigenvalue weighted by Gasteiger charge is 2.26. The Kier molecular flexibility index (Phi) is 2.70. The summed E-state index contributed by atoms with van der Waals surface area (Å²) in [5.74, 6) is -0.228. The fraction of sp³-hybridized carbons (Fsp3) is 0.444. The van der Waals surface area contributed by atoms with E-state index in [-0.39, 0.29) is 17.5 Å². The molecule has 82 valence electrons. The Labute approximate surface area is 87.4 Å². The lowest BCUT2D eigenvalue weighted by Gasteiger charge is -2.22. The van der Waals surface area contributed by atoms with Gasteiger partial charge in [0.2, 0.25) is 0 Å². The lowest BCUT2D eigenvalue weighted by molar-refractivity contribution is 0.522. The van der Waals surface area contributed by atoms with Crippen LogP contribution in [0.2, 0.25) is 0 Å². The summed E-state index contributed by atoms with van der Waals surface area (Å²) in [6.07, 6.45) is 1.10. The minimum absolute atomic E-state index is 0.0334. The van der Waals surface area contributed by atoms with Gasteiger partial charge in [-0.15, -0.1) is 0 Å². The van der Waals surface area contributed by atoms with E-state index in [0.717, 1.165) is 6.20 Å². The third kappa shape index (κ3) is 2.51. The summed E-state index contributed by atoms with van der Waals surface area (Å²) in [7, 11) is -2.99. The van der Waals surface area contributed by atoms with Crippen LogP contribution in [0.5, 0.6) is 0 Å². The highest BCUT2D eigenvalue weighted by atomic mass is 32.2. The number of hydrogen-bond donors (Lipinski definition) is 1. The number of aromatic nitrogens is 1. The maximum Gasteiger partial charge on any atom is 0.153 e. The third-order valence-electron chi connectivity index (χ3n) is 2.33. The molecule has 0 amide bonds. The van der Waals surface area contributed by atoms with E-state index in [1.165, 1.54) is 12.1 Å². The van der Waals surface area contributed by atoms with Crippen LogP contribution in [0.15, 0.2) is 18.3 Å². The van der Waals surface area contributed by atoms with Gasteiger partial charge in [0.25, 0.3) is 0 Å². The van der Waals surface area contributed by atoms with Crippen LogP contribution in [0, 0.1) is 5.82 Å². The van der Waals surface area contributed by atoms with Crippen molar-refractivity contribution in [2.45, 2.75) is 6.04 Å². The van der Waals surface area contributed by atoms with Gasteiger partial charge in [-0.2, -0.15) is 0 Å². The molecular weight excluding hydrogens is 219 g/mol. The molecule has 1 aliphatic rings. The second-order valence-corrected chi connectivity index (χ2v) is 5.75. The topological polar surface area (TPSA) is 59.1 Å². The standard InChI is InChI=1S/C9H11FN2O2S/c10-7-1-2-8(12-5-7)9-6-15(13,14)4-3-11-9/h1-2,5,9,11H,3-4,6H2. The molecule has 1 aromatic rings. The van der Waals surface area contributed by atoms with Gasteiger partial charge in [-0.3, -0.25) is 4.98 Å². The summed E-state index contributed by atoms with van der Waals surface area (Å²) in [5.41, 5.74) is 0.569. The number of nitrogens with one attached hydrogen (secondary N) is 1. The van der Waals surface area contributed by atoms with Crippen LogP contribution >= 0.6 is 0 Å². The van der Waals surface area contributed by atoms with Crippen molar-refractivity contribution in [3.8, 4) is 0 Å². The molecule has 2 rings (SSSR count). The maximum absolute atomic E-state index is 12.6. The lowest BCUT2D eigenvalue weighted by atomic mass is 10.2. The van der Waals surface area contributed by atoms with Crippen LogP contribution < -0.4 is 5.32 Å². The second kappa shape index (κ2) is 3.86. The number of sulfone groups is 1. The Morgan fingerprint density at radius 1 is 1.47 bits per heavy atom. The Morgan fingerprint density at radius 3 is 2.87 bits per heavy atom. The van der Waals surface area contributed by atoms with E-state index in [9.17, 15) is 12.8 Å². The first kappa shape index (κ1) is 10.5. The summed E-state index contributed by atoms with van der Waals surface area (Å²) in [5, 5.41) is 3.05. The summed E-state index contributed by atoms with van der Waals surface area (Å²) in [6, 6.07) is 2.48. The van der Waals surface area contributed by atoms with Crippen LogP contribution in [0.3, 0.4) is 0 Å². The van der Waals surface area contributed by atoms with Crippen molar-refractivity contribution in [2.75, 3.05) is 18.1 Å². The van der Waals surface area contributed by atoms with Crippen molar-refractivity contribution in [2.24, 2.45) is 0 Å². The zero-order valence-electron chi connectivity index (χ0n) is 7.98. The van der Waals surface area contributed by atoms with Crippen molar-refractivity contribution >= 4 is 9.84 Å². The van der Waals surface area contributed by atoms with Gasteiger partial charge in [-0.1, -0.05) is 0 Å². The molecule has 15 heavy (non-hydrogen) atoms. The molecule has 0 aromatic carbocycles. The number of halogens is 1. The van der Waals surface area contributed by atoms with Gasteiger partial charge < -0.3 is 5.32 Å². The van der Waals surface area contributed by atoms with Crippen LogP contribution in [-0.2, 0) is 9.84 Å². The van der Waals surface area contributed by atoms with E-state index < -0.39 is 15.7 Å². The van der Waals surface area contributed by atoms with Crippen molar-refractivity contribution < 1.29 is 12.8 Å². The Bertz CT molecular complexity index is 444. The molecule has 1 atom stereocenters. The van der Waals surface area contributed by atoms with Crippen LogP contribution in [0.4, 0.5) is 4.39 Å². The lowest BCUT2D eigenvalue weighted by Crippen LogP contribution is -2.39.